The van der Waals surface area contributed by atoms with Crippen molar-refractivity contribution in [3.63, 3.8) is 0 Å². The minimum atomic E-state index is -4.32. The average molecular weight is 2040 g/mol. The van der Waals surface area contributed by atoms with Crippen molar-refractivity contribution in [2.45, 2.75) is 173 Å². The first-order chi connectivity index (χ1) is 61.3. The van der Waals surface area contributed by atoms with Crippen LogP contribution in [0.25, 0.3) is 0 Å². The maximum Gasteiger partial charge on any atom is 1.00 e. The number of carbonyl (C=O) groups is 6. The third-order valence-electron chi connectivity index (χ3n) is 23.8. The van der Waals surface area contributed by atoms with E-state index in [1.165, 1.54) is 52.3 Å². The van der Waals surface area contributed by atoms with Crippen LogP contribution in [-0.4, -0.2) is 231 Å². The van der Waals surface area contributed by atoms with Gasteiger partial charge in [-0.2, -0.15) is 52.7 Å². The van der Waals surface area contributed by atoms with Crippen LogP contribution in [0.5, 0.6) is 0 Å². The molecule has 718 valence electrons. The van der Waals surface area contributed by atoms with E-state index in [-0.39, 0.29) is 210 Å². The van der Waals surface area contributed by atoms with Gasteiger partial charge in [0.15, 0.2) is 5.79 Å². The molecule has 7 aromatic heterocycles. The predicted octanol–water partition coefficient (Wildman–Crippen LogP) is 5.49. The normalized spacial score (nSPS) is 18.6. The Balaban J connectivity index is 0.000000172. The average Bonchev–Trinajstić information content (AvgIpc) is 1.59. The van der Waals surface area contributed by atoms with Gasteiger partial charge in [0.2, 0.25) is 11.8 Å². The van der Waals surface area contributed by atoms with Crippen molar-refractivity contribution in [2.24, 2.45) is 17.6 Å². The quantitative estimate of drug-likeness (QED) is 0.0502. The number of H-pyrrole nitrogens is 1. The van der Waals surface area contributed by atoms with Crippen LogP contribution in [0.2, 0.25) is 0 Å². The molecule has 17 rings (SSSR count). The first-order valence-corrected chi connectivity index (χ1v) is 43.1. The molecule has 5 saturated heterocycles. The van der Waals surface area contributed by atoms with Crippen LogP contribution in [0.15, 0.2) is 71.4 Å². The summed E-state index contributed by atoms with van der Waals surface area (Å²) in [5.41, 5.74) is 17.1. The van der Waals surface area contributed by atoms with Gasteiger partial charge in [0.05, 0.1) is 48.3 Å². The fraction of sp³-hybridized carbons (Fsp3) is 0.531. The number of nitrogens with one attached hydrogen (secondary N) is 8. The number of aromatic amines is 1. The number of likely N-dealkylation sites (tertiary alicyclic amines) is 4. The monoisotopic (exact) mass is 2040 g/mol. The van der Waals surface area contributed by atoms with Gasteiger partial charge in [-0.1, -0.05) is 0 Å². The Kier molecular flexibility index (Phi) is 33.4. The van der Waals surface area contributed by atoms with E-state index in [1.54, 1.807) is 72.7 Å². The standard InChI is InChI=1S/C23H26F3N7O3.C19H22F3N7O2.C14H15BrF3N3O2.C9H14F3NO2.C9H12N4O.C7H7BrN2O2.K.H2O/c1-12-9-15(29-17-13(2)18(28-11-27-17)30-19(34)14-3-4-14)21(36)33-16(12)20(35)31-22(33)5-7-32(8-6-22)10-23(24,25)26;1-10-7-12(26-15-11(2)14(23)24-9-25-15)17(31)29-13(10)16(30)27-18(29)3-5-28(6-4-18)8-19(20,21)22;1-8-6-9(15)12(23)21-10(8)11(22)19-13(21)2-4-20(5-3-13)7-14(16,17)18;10-9(11,12)7-13-3-1-8(2-4-13)14-5-6-15-8;1-5-7(10)11-4-12-8(5)13-9(14)6-2-3-6;1-3-2-4(8)7(12)10-5(3)6(9)11;;/h9,11,14H,3-8,10H2,1-2H3,(H,31,35)(H2,27,28,29,30,34);7,9H,3-6,8H2,1-2H3,(H,27,30)(H3,23,24,25,26);6H,2-5,7H2,1H3,(H,19,22);1-7H2;4,6H,2-3H2,1H3,(H3,10,11,12,13,14);2H,1H3,(H2,9,11)(H,10,12);;1H2/q;;;;;;+1;/p-1. The van der Waals surface area contributed by atoms with Crippen molar-refractivity contribution in [3.8, 4) is 0 Å². The summed E-state index contributed by atoms with van der Waals surface area (Å²) >= 11 is 6.22. The van der Waals surface area contributed by atoms with E-state index in [0.717, 1.165) is 31.2 Å². The number of rotatable bonds is 13. The summed E-state index contributed by atoms with van der Waals surface area (Å²) in [5.74, 6) is -0.100. The molecule has 0 aromatic carbocycles. The van der Waals surface area contributed by atoms with Gasteiger partial charge < -0.3 is 74.4 Å². The smallest absolute Gasteiger partial charge is 0.870 e. The molecule has 4 spiro atoms. The molecule has 2 saturated carbocycles. The molecule has 15 heterocycles. The Morgan fingerprint density at radius 3 is 1.09 bits per heavy atom. The van der Waals surface area contributed by atoms with Crippen molar-refractivity contribution in [1.82, 2.24) is 84.1 Å². The minimum absolute atomic E-state index is 0. The zero-order valence-electron chi connectivity index (χ0n) is 73.3. The number of aromatic nitrogens is 10. The number of alkyl halides is 12. The molecule has 0 unspecified atom stereocenters. The number of carbonyl (C=O) groups excluding carboxylic acids is 6. The Labute approximate surface area is 809 Å². The second-order valence-corrected chi connectivity index (χ2v) is 35.3. The molecular weight excluding hydrogens is 1940 g/mol. The number of primary amides is 1. The molecule has 37 nitrogen and oxygen atoms in total. The van der Waals surface area contributed by atoms with Crippen molar-refractivity contribution in [3.05, 3.63) is 155 Å². The molecule has 2 aliphatic carbocycles. The van der Waals surface area contributed by atoms with Gasteiger partial charge >= 0.3 is 76.1 Å². The first-order valence-electron chi connectivity index (χ1n) is 41.5. The molecule has 0 bridgehead atoms. The number of aryl methyl sites for hydroxylation is 4. The van der Waals surface area contributed by atoms with Gasteiger partial charge in [-0.25, -0.2) is 29.9 Å². The number of nitrogens with two attached hydrogens (primary N) is 3. The van der Waals surface area contributed by atoms with Crippen LogP contribution in [0.3, 0.4) is 0 Å². The van der Waals surface area contributed by atoms with E-state index in [9.17, 15) is 101 Å². The van der Waals surface area contributed by atoms with E-state index < -0.39 is 102 Å². The van der Waals surface area contributed by atoms with Crippen LogP contribution in [0.4, 0.5) is 99.0 Å². The third-order valence-corrected chi connectivity index (χ3v) is 25.0. The number of ether oxygens (including phenoxy) is 2. The number of nitrogens with zero attached hydrogens (tertiary/aromatic N) is 13. The number of hydrogen-bond donors (Lipinski definition) is 11. The van der Waals surface area contributed by atoms with Gasteiger partial charge in [-0.15, -0.1) is 0 Å². The summed E-state index contributed by atoms with van der Waals surface area (Å²) in [4.78, 5) is 154. The van der Waals surface area contributed by atoms with E-state index in [1.807, 2.05) is 0 Å². The molecule has 10 aliphatic rings. The van der Waals surface area contributed by atoms with Gasteiger partial charge in [-0.3, -0.25) is 81.2 Å². The maximum atomic E-state index is 13.6. The SMILES string of the molecule is Cc1c(N)ncnc1NC(=O)C1CC1.Cc1cc(Br)c(=O)[nH]c1C(N)=O.Cc1cc(Br)c(=O)n2c1C(=O)NC21CCN(CC(F)(F)F)CC1.Cc1cc(Nc2ncnc(N)c2C)c(=O)n2c1C(=O)NC21CCN(CC(F)(F)F)CC1.Cc1cc(Nc2ncnc(NC(=O)C3CC3)c2C)c(=O)n2c1C(=O)NC21CCN(CC(F)(F)F)CC1.FC(F)(F)CN1CCC2(CC1)OCCO2.[K+].[OH-]. The zero-order chi connectivity index (χ0) is 95.7. The fourth-order valence-electron chi connectivity index (χ4n) is 16.7. The number of amides is 6. The van der Waals surface area contributed by atoms with Crippen LogP contribution < -0.4 is 128 Å². The Hall–Kier alpha value is -9.46. The molecule has 0 atom stereocenters. The number of pyridine rings is 4. The Morgan fingerprint density at radius 1 is 0.444 bits per heavy atom. The first kappa shape index (κ1) is 106. The third kappa shape index (κ3) is 25.4. The number of halogens is 14. The van der Waals surface area contributed by atoms with Crippen LogP contribution >= 0.6 is 31.9 Å². The van der Waals surface area contributed by atoms with Crippen molar-refractivity contribution in [2.75, 3.05) is 124 Å². The van der Waals surface area contributed by atoms with Gasteiger partial charge in [0, 0.05) is 132 Å². The second kappa shape index (κ2) is 42.0. The number of hydrogen-bond acceptors (Lipinski definition) is 27. The summed E-state index contributed by atoms with van der Waals surface area (Å²) in [5, 5.41) is 20.0. The van der Waals surface area contributed by atoms with E-state index in [2.05, 4.69) is 104 Å². The molecule has 0 radical (unpaired) electrons. The fourth-order valence-corrected chi connectivity index (χ4v) is 17.6. The molecule has 7 aromatic rings. The topological polar surface area (TPSA) is 502 Å². The van der Waals surface area contributed by atoms with Crippen LogP contribution in [0, 0.1) is 60.3 Å². The molecule has 15 N–H and O–H groups in total. The van der Waals surface area contributed by atoms with Crippen molar-refractivity contribution in [1.29, 1.82) is 0 Å². The molecule has 8 aliphatic heterocycles. The predicted molar refractivity (Wildman–Crippen MR) is 460 cm³/mol. The number of piperidine rings is 4. The summed E-state index contributed by atoms with van der Waals surface area (Å²) in [6.45, 7) is 10.8. The van der Waals surface area contributed by atoms with Crippen LogP contribution in [-0.2, 0) is 36.1 Å². The number of fused-ring (bicyclic) bond motifs is 6. The molecule has 7 fully saturated rings. The Bertz CT molecular complexity index is 5800. The summed E-state index contributed by atoms with van der Waals surface area (Å²) < 4.78 is 166. The van der Waals surface area contributed by atoms with Crippen molar-refractivity contribution >= 4 is 114 Å². The summed E-state index contributed by atoms with van der Waals surface area (Å²) in [6.07, 6.45) is -7.17. The van der Waals surface area contributed by atoms with Gasteiger partial charge in [0.25, 0.3) is 45.9 Å². The van der Waals surface area contributed by atoms with E-state index in [4.69, 9.17) is 26.7 Å². The van der Waals surface area contributed by atoms with E-state index in [0.29, 0.717) is 116 Å². The number of anilines is 8. The van der Waals surface area contributed by atoms with Crippen LogP contribution in [0.1, 0.15) is 158 Å². The largest absolute Gasteiger partial charge is 1.00 e. The maximum absolute atomic E-state index is 13.6. The summed E-state index contributed by atoms with van der Waals surface area (Å²) in [7, 11) is 0. The number of nitrogen functional groups attached to an aromatic ring is 2. The molecule has 6 amide bonds. The molecular formula is C81H97Br2F12KN24O13. The minimum Gasteiger partial charge on any atom is -0.870 e. The van der Waals surface area contributed by atoms with E-state index >= 15 is 0 Å². The molecule has 52 heteroatoms. The Morgan fingerprint density at radius 2 is 0.744 bits per heavy atom. The second-order valence-electron chi connectivity index (χ2n) is 33.6. The summed E-state index contributed by atoms with van der Waals surface area (Å²) in [6, 6.07) is 6.25. The molecule has 133 heavy (non-hydrogen) atoms. The van der Waals surface area contributed by atoms with Gasteiger partial charge in [-0.05, 0) is 153 Å². The zero-order valence-corrected chi connectivity index (χ0v) is 79.6. The van der Waals surface area contributed by atoms with Crippen molar-refractivity contribution < 1.29 is 148 Å². The van der Waals surface area contributed by atoms with Gasteiger partial charge in [0.1, 0.15) is 105 Å².